The first-order valence-corrected chi connectivity index (χ1v) is 5.75. The van der Waals surface area contributed by atoms with Gasteiger partial charge < -0.3 is 4.74 Å². The van der Waals surface area contributed by atoms with Crippen molar-refractivity contribution in [2.45, 2.75) is 11.9 Å². The minimum absolute atomic E-state index is 0.409. The third-order valence-corrected chi connectivity index (χ3v) is 2.59. The summed E-state index contributed by atoms with van der Waals surface area (Å²) in [5.41, 5.74) is 0.409. The second-order valence-electron chi connectivity index (χ2n) is 3.05. The molecule has 0 radical (unpaired) electrons. The standard InChI is InChI=1S/C9H8F2O5S/c10-9(11,17(13,14)15)8(12)16-6-7-4-2-1-3-5-7/h1-5H,6H2,(H,13,14,15). The molecule has 0 aromatic heterocycles. The van der Waals surface area contributed by atoms with Gasteiger partial charge in [-0.3, -0.25) is 4.55 Å². The number of rotatable bonds is 4. The van der Waals surface area contributed by atoms with Crippen LogP contribution in [0.4, 0.5) is 8.78 Å². The monoisotopic (exact) mass is 266 g/mol. The van der Waals surface area contributed by atoms with Crippen molar-refractivity contribution < 1.29 is 31.3 Å². The van der Waals surface area contributed by atoms with E-state index in [0.29, 0.717) is 5.56 Å². The molecule has 1 N–H and O–H groups in total. The SMILES string of the molecule is O=C(OCc1ccccc1)C(F)(F)S(=O)(=O)O. The predicted molar refractivity (Wildman–Crippen MR) is 52.7 cm³/mol. The van der Waals surface area contributed by atoms with Crippen LogP contribution >= 0.6 is 0 Å². The van der Waals surface area contributed by atoms with Gasteiger partial charge in [-0.05, 0) is 5.56 Å². The Morgan fingerprint density at radius 1 is 1.29 bits per heavy atom. The number of hydrogen-bond acceptors (Lipinski definition) is 4. The van der Waals surface area contributed by atoms with Gasteiger partial charge in [-0.25, -0.2) is 4.79 Å². The molecular formula is C9H8F2O5S. The van der Waals surface area contributed by atoms with Crippen LogP contribution in [0.1, 0.15) is 5.56 Å². The number of carbonyl (C=O) groups is 1. The quantitative estimate of drug-likeness (QED) is 0.654. The van der Waals surface area contributed by atoms with Crippen LogP contribution in [0.5, 0.6) is 0 Å². The van der Waals surface area contributed by atoms with E-state index >= 15 is 0 Å². The Labute approximate surface area is 95.8 Å². The van der Waals surface area contributed by atoms with Crippen molar-refractivity contribution in [2.24, 2.45) is 0 Å². The molecule has 0 saturated carbocycles. The van der Waals surface area contributed by atoms with Crippen LogP contribution in [0.25, 0.3) is 0 Å². The molecule has 5 nitrogen and oxygen atoms in total. The van der Waals surface area contributed by atoms with Gasteiger partial charge in [-0.1, -0.05) is 30.3 Å². The minimum atomic E-state index is -5.81. The summed E-state index contributed by atoms with van der Waals surface area (Å²) < 4.78 is 58.1. The fourth-order valence-electron chi connectivity index (χ4n) is 0.912. The van der Waals surface area contributed by atoms with Gasteiger partial charge in [0.15, 0.2) is 0 Å². The summed E-state index contributed by atoms with van der Waals surface area (Å²) in [6, 6.07) is 7.84. The lowest BCUT2D eigenvalue weighted by molar-refractivity contribution is -0.162. The van der Waals surface area contributed by atoms with Gasteiger partial charge in [0.1, 0.15) is 6.61 Å². The van der Waals surface area contributed by atoms with E-state index in [0.717, 1.165) is 0 Å². The topological polar surface area (TPSA) is 80.7 Å². The van der Waals surface area contributed by atoms with Gasteiger partial charge in [0.05, 0.1) is 0 Å². The normalized spacial score (nSPS) is 12.2. The summed E-state index contributed by atoms with van der Waals surface area (Å²) in [5.74, 6) is -2.32. The molecule has 0 aliphatic rings. The Morgan fingerprint density at radius 2 is 1.82 bits per heavy atom. The van der Waals surface area contributed by atoms with E-state index in [9.17, 15) is 22.0 Å². The highest BCUT2D eigenvalue weighted by Gasteiger charge is 2.54. The summed E-state index contributed by atoms with van der Waals surface area (Å²) in [7, 11) is -5.81. The Bertz CT molecular complexity index is 497. The number of alkyl halides is 2. The van der Waals surface area contributed by atoms with Crippen molar-refractivity contribution in [2.75, 3.05) is 0 Å². The van der Waals surface area contributed by atoms with Crippen molar-refractivity contribution in [3.05, 3.63) is 35.9 Å². The number of hydrogen-bond donors (Lipinski definition) is 1. The second kappa shape index (κ2) is 4.76. The largest absolute Gasteiger partial charge is 0.465 e. The second-order valence-corrected chi connectivity index (χ2v) is 4.52. The Hall–Kier alpha value is -1.54. The van der Waals surface area contributed by atoms with E-state index in [2.05, 4.69) is 4.74 Å². The number of carbonyl (C=O) groups excluding carboxylic acids is 1. The van der Waals surface area contributed by atoms with E-state index in [1.807, 2.05) is 0 Å². The fraction of sp³-hybridized carbons (Fsp3) is 0.222. The molecule has 1 aromatic carbocycles. The molecule has 1 aromatic rings. The average molecular weight is 266 g/mol. The maximum absolute atomic E-state index is 12.7. The maximum atomic E-state index is 12.7. The smallest absolute Gasteiger partial charge is 0.455 e. The first kappa shape index (κ1) is 13.5. The molecule has 0 fully saturated rings. The van der Waals surface area contributed by atoms with Gasteiger partial charge in [-0.15, -0.1) is 0 Å². The van der Waals surface area contributed by atoms with Crippen molar-refractivity contribution in [3.8, 4) is 0 Å². The highest BCUT2D eigenvalue weighted by molar-refractivity contribution is 7.87. The Morgan fingerprint density at radius 3 is 2.29 bits per heavy atom. The van der Waals surface area contributed by atoms with Crippen LogP contribution in [-0.4, -0.2) is 24.2 Å². The molecule has 0 unspecified atom stereocenters. The van der Waals surface area contributed by atoms with Crippen molar-refractivity contribution in [1.29, 1.82) is 0 Å². The summed E-state index contributed by atoms with van der Waals surface area (Å²) in [6.45, 7) is -0.509. The molecular weight excluding hydrogens is 258 g/mol. The first-order valence-electron chi connectivity index (χ1n) is 4.31. The molecule has 0 aliphatic carbocycles. The molecule has 1 rings (SSSR count). The van der Waals surface area contributed by atoms with Gasteiger partial charge in [0, 0.05) is 0 Å². The zero-order valence-corrected chi connectivity index (χ0v) is 9.15. The third-order valence-electron chi connectivity index (χ3n) is 1.77. The predicted octanol–water partition coefficient (Wildman–Crippen LogP) is 1.21. The minimum Gasteiger partial charge on any atom is -0.455 e. The van der Waals surface area contributed by atoms with E-state index in [-0.39, 0.29) is 0 Å². The zero-order valence-electron chi connectivity index (χ0n) is 8.34. The van der Waals surface area contributed by atoms with E-state index in [4.69, 9.17) is 4.55 Å². The Balaban J connectivity index is 2.69. The van der Waals surface area contributed by atoms with Crippen molar-refractivity contribution >= 4 is 16.1 Å². The lowest BCUT2D eigenvalue weighted by Gasteiger charge is -2.11. The van der Waals surface area contributed by atoms with Crippen LogP contribution < -0.4 is 0 Å². The molecule has 0 heterocycles. The highest BCUT2D eigenvalue weighted by Crippen LogP contribution is 2.22. The molecule has 0 atom stereocenters. The molecule has 0 saturated heterocycles. The van der Waals surface area contributed by atoms with Crippen LogP contribution in [0.3, 0.4) is 0 Å². The molecule has 0 amide bonds. The van der Waals surface area contributed by atoms with Crippen molar-refractivity contribution in [3.63, 3.8) is 0 Å². The molecule has 0 spiro atoms. The summed E-state index contributed by atoms with van der Waals surface area (Å²) in [4.78, 5) is 10.8. The van der Waals surface area contributed by atoms with E-state index in [1.54, 1.807) is 18.2 Å². The van der Waals surface area contributed by atoms with E-state index < -0.39 is 27.9 Å². The molecule has 8 heteroatoms. The van der Waals surface area contributed by atoms with Gasteiger partial charge in [0.2, 0.25) is 0 Å². The van der Waals surface area contributed by atoms with Crippen LogP contribution in [0.15, 0.2) is 30.3 Å². The molecule has 0 bridgehead atoms. The maximum Gasteiger partial charge on any atom is 0.465 e. The first-order chi connectivity index (χ1) is 7.75. The molecule has 17 heavy (non-hydrogen) atoms. The lowest BCUT2D eigenvalue weighted by atomic mass is 10.2. The number of halogens is 2. The van der Waals surface area contributed by atoms with Gasteiger partial charge in [-0.2, -0.15) is 17.2 Å². The summed E-state index contributed by atoms with van der Waals surface area (Å²) in [6.07, 6.45) is 0. The summed E-state index contributed by atoms with van der Waals surface area (Å²) in [5, 5.41) is -4.96. The lowest BCUT2D eigenvalue weighted by Crippen LogP contribution is -2.38. The van der Waals surface area contributed by atoms with Crippen molar-refractivity contribution in [1.82, 2.24) is 0 Å². The van der Waals surface area contributed by atoms with Crippen LogP contribution in [-0.2, 0) is 26.3 Å². The number of benzene rings is 1. The zero-order chi connectivity index (χ0) is 13.1. The van der Waals surface area contributed by atoms with Crippen LogP contribution in [0.2, 0.25) is 0 Å². The average Bonchev–Trinajstić information content (AvgIpc) is 2.25. The number of ether oxygens (including phenoxy) is 1. The number of esters is 1. The van der Waals surface area contributed by atoms with Gasteiger partial charge >= 0.3 is 21.3 Å². The van der Waals surface area contributed by atoms with E-state index in [1.165, 1.54) is 12.1 Å². The molecule has 94 valence electrons. The highest BCUT2D eigenvalue weighted by atomic mass is 32.2. The molecule has 0 aliphatic heterocycles. The van der Waals surface area contributed by atoms with Crippen LogP contribution in [0, 0.1) is 0 Å². The van der Waals surface area contributed by atoms with Gasteiger partial charge in [0.25, 0.3) is 0 Å². The Kier molecular flexibility index (Phi) is 3.79. The fourth-order valence-corrected chi connectivity index (χ4v) is 1.18. The summed E-state index contributed by atoms with van der Waals surface area (Å²) >= 11 is 0. The third kappa shape index (κ3) is 3.21.